The van der Waals surface area contributed by atoms with Gasteiger partial charge in [-0.1, -0.05) is 39.8 Å². The Morgan fingerprint density at radius 3 is 2.52 bits per heavy atom. The van der Waals surface area contributed by atoms with Crippen LogP contribution in [0.3, 0.4) is 0 Å². The lowest BCUT2D eigenvalue weighted by molar-refractivity contribution is 0.147. The molecule has 0 aliphatic rings. The van der Waals surface area contributed by atoms with Crippen molar-refractivity contribution in [2.24, 2.45) is 0 Å². The summed E-state index contributed by atoms with van der Waals surface area (Å²) in [5.41, 5.74) is 1.08. The predicted molar refractivity (Wildman–Crippen MR) is 89.0 cm³/mol. The fraction of sp³-hybridized carbons (Fsp3) is 0.667. The van der Waals surface area contributed by atoms with E-state index in [4.69, 9.17) is 4.74 Å². The highest BCUT2D eigenvalue weighted by Gasteiger charge is 2.23. The van der Waals surface area contributed by atoms with Crippen LogP contribution in [0.4, 0.5) is 0 Å². The number of rotatable bonds is 9. The number of aliphatic hydroxyl groups is 1. The average molecular weight is 293 g/mol. The Balaban J connectivity index is 2.41. The van der Waals surface area contributed by atoms with E-state index in [1.54, 1.807) is 0 Å². The monoisotopic (exact) mass is 293 g/mol. The van der Waals surface area contributed by atoms with Gasteiger partial charge in [-0.3, -0.25) is 0 Å². The van der Waals surface area contributed by atoms with Gasteiger partial charge in [-0.05, 0) is 43.4 Å². The van der Waals surface area contributed by atoms with Crippen molar-refractivity contribution >= 4 is 0 Å². The first kappa shape index (κ1) is 18.0. The molecular weight excluding hydrogens is 262 g/mol. The molecule has 0 saturated carbocycles. The number of aliphatic hydroxyl groups excluding tert-OH is 1. The fourth-order valence-electron chi connectivity index (χ4n) is 2.51. The average Bonchev–Trinajstić information content (AvgIpc) is 2.43. The Hall–Kier alpha value is -1.06. The van der Waals surface area contributed by atoms with Gasteiger partial charge in [-0.2, -0.15) is 0 Å². The van der Waals surface area contributed by atoms with Crippen molar-refractivity contribution in [3.8, 4) is 5.75 Å². The molecule has 3 nitrogen and oxygen atoms in total. The van der Waals surface area contributed by atoms with Gasteiger partial charge in [-0.25, -0.2) is 0 Å². The molecule has 0 aliphatic heterocycles. The van der Waals surface area contributed by atoms with E-state index in [-0.39, 0.29) is 12.1 Å². The smallest absolute Gasteiger partial charge is 0.119 e. The summed E-state index contributed by atoms with van der Waals surface area (Å²) in [6.07, 6.45) is 1.81. The SMILES string of the molecule is CC(C)NC(C)(CO)CCCOc1cccc(C(C)C)c1. The Morgan fingerprint density at radius 2 is 1.95 bits per heavy atom. The number of hydrogen-bond donors (Lipinski definition) is 2. The minimum absolute atomic E-state index is 0.147. The second-order valence-electron chi connectivity index (χ2n) is 6.70. The molecule has 2 N–H and O–H groups in total. The maximum absolute atomic E-state index is 9.54. The van der Waals surface area contributed by atoms with E-state index in [1.165, 1.54) is 5.56 Å². The van der Waals surface area contributed by atoms with Gasteiger partial charge >= 0.3 is 0 Å². The van der Waals surface area contributed by atoms with E-state index < -0.39 is 0 Å². The van der Waals surface area contributed by atoms with Crippen molar-refractivity contribution in [1.29, 1.82) is 0 Å². The highest BCUT2D eigenvalue weighted by atomic mass is 16.5. The summed E-state index contributed by atoms with van der Waals surface area (Å²) in [7, 11) is 0. The van der Waals surface area contributed by atoms with Gasteiger partial charge in [0.1, 0.15) is 5.75 Å². The maximum Gasteiger partial charge on any atom is 0.119 e. The Morgan fingerprint density at radius 1 is 1.24 bits per heavy atom. The first-order chi connectivity index (χ1) is 9.86. The topological polar surface area (TPSA) is 41.5 Å². The molecule has 1 rings (SSSR count). The molecule has 0 saturated heterocycles. The quantitative estimate of drug-likeness (QED) is 0.682. The van der Waals surface area contributed by atoms with E-state index in [0.29, 0.717) is 18.6 Å². The van der Waals surface area contributed by atoms with Crippen LogP contribution in [0, 0.1) is 0 Å². The lowest BCUT2D eigenvalue weighted by Gasteiger charge is -2.31. The van der Waals surface area contributed by atoms with Crippen molar-refractivity contribution in [3.63, 3.8) is 0 Å². The van der Waals surface area contributed by atoms with Gasteiger partial charge < -0.3 is 15.2 Å². The van der Waals surface area contributed by atoms with Gasteiger partial charge in [0, 0.05) is 11.6 Å². The standard InChI is InChI=1S/C18H31NO2/c1-14(2)16-8-6-9-17(12-16)21-11-7-10-18(5,13-20)19-15(3)4/h6,8-9,12,14-15,19-20H,7,10-11,13H2,1-5H3. The molecule has 0 fully saturated rings. The molecule has 3 heteroatoms. The van der Waals surface area contributed by atoms with Gasteiger partial charge in [0.25, 0.3) is 0 Å². The summed E-state index contributed by atoms with van der Waals surface area (Å²) >= 11 is 0. The van der Waals surface area contributed by atoms with Crippen LogP contribution in [0.25, 0.3) is 0 Å². The zero-order valence-corrected chi connectivity index (χ0v) is 14.1. The van der Waals surface area contributed by atoms with Gasteiger partial charge in [0.15, 0.2) is 0 Å². The third-order valence-corrected chi connectivity index (χ3v) is 3.65. The molecule has 1 unspecified atom stereocenters. The first-order valence-corrected chi connectivity index (χ1v) is 7.97. The molecule has 0 bridgehead atoms. The largest absolute Gasteiger partial charge is 0.494 e. The van der Waals surface area contributed by atoms with Crippen LogP contribution < -0.4 is 10.1 Å². The van der Waals surface area contributed by atoms with Crippen LogP contribution in [-0.2, 0) is 0 Å². The number of ether oxygens (including phenoxy) is 1. The first-order valence-electron chi connectivity index (χ1n) is 7.97. The van der Waals surface area contributed by atoms with E-state index in [2.05, 4.69) is 52.1 Å². The number of nitrogens with one attached hydrogen (secondary N) is 1. The van der Waals surface area contributed by atoms with Crippen LogP contribution in [-0.4, -0.2) is 29.9 Å². The van der Waals surface area contributed by atoms with Gasteiger partial charge in [0.2, 0.25) is 0 Å². The molecule has 0 aromatic heterocycles. The van der Waals surface area contributed by atoms with Crippen molar-refractivity contribution in [2.45, 2.75) is 65.0 Å². The fourth-order valence-corrected chi connectivity index (χ4v) is 2.51. The molecule has 0 radical (unpaired) electrons. The summed E-state index contributed by atoms with van der Waals surface area (Å²) in [4.78, 5) is 0. The summed E-state index contributed by atoms with van der Waals surface area (Å²) in [6.45, 7) is 11.5. The molecule has 1 aromatic rings. The minimum Gasteiger partial charge on any atom is -0.494 e. The molecule has 1 aromatic carbocycles. The number of benzene rings is 1. The summed E-state index contributed by atoms with van der Waals surface area (Å²) < 4.78 is 5.83. The summed E-state index contributed by atoms with van der Waals surface area (Å²) in [5, 5.41) is 13.0. The zero-order valence-electron chi connectivity index (χ0n) is 14.1. The van der Waals surface area contributed by atoms with Gasteiger partial charge in [0.05, 0.1) is 13.2 Å². The third kappa shape index (κ3) is 6.49. The summed E-state index contributed by atoms with van der Waals surface area (Å²) in [5.74, 6) is 1.45. The Bertz CT molecular complexity index is 417. The lowest BCUT2D eigenvalue weighted by atomic mass is 9.96. The molecule has 21 heavy (non-hydrogen) atoms. The highest BCUT2D eigenvalue weighted by Crippen LogP contribution is 2.21. The Kier molecular flexibility index (Phi) is 7.20. The van der Waals surface area contributed by atoms with E-state index in [1.807, 2.05) is 12.1 Å². The second-order valence-corrected chi connectivity index (χ2v) is 6.70. The molecule has 120 valence electrons. The van der Waals surface area contributed by atoms with E-state index in [0.717, 1.165) is 18.6 Å². The molecular formula is C18H31NO2. The summed E-state index contributed by atoms with van der Waals surface area (Å²) in [6, 6.07) is 8.66. The van der Waals surface area contributed by atoms with Gasteiger partial charge in [-0.15, -0.1) is 0 Å². The number of hydrogen-bond acceptors (Lipinski definition) is 3. The highest BCUT2D eigenvalue weighted by molar-refractivity contribution is 5.30. The predicted octanol–water partition coefficient (Wildman–Crippen LogP) is 3.72. The lowest BCUT2D eigenvalue weighted by Crippen LogP contribution is -2.49. The van der Waals surface area contributed by atoms with Crippen molar-refractivity contribution < 1.29 is 9.84 Å². The molecule has 0 spiro atoms. The van der Waals surface area contributed by atoms with E-state index in [9.17, 15) is 5.11 Å². The molecule has 0 aliphatic carbocycles. The maximum atomic E-state index is 9.54. The normalized spacial score (nSPS) is 14.5. The van der Waals surface area contributed by atoms with E-state index >= 15 is 0 Å². The van der Waals surface area contributed by atoms with Crippen LogP contribution in [0.15, 0.2) is 24.3 Å². The molecule has 0 amide bonds. The van der Waals surface area contributed by atoms with Crippen LogP contribution in [0.1, 0.15) is 58.9 Å². The second kappa shape index (κ2) is 8.40. The van der Waals surface area contributed by atoms with Crippen molar-refractivity contribution in [3.05, 3.63) is 29.8 Å². The van der Waals surface area contributed by atoms with Crippen molar-refractivity contribution in [2.75, 3.05) is 13.2 Å². The van der Waals surface area contributed by atoms with Crippen LogP contribution in [0.2, 0.25) is 0 Å². The zero-order chi connectivity index (χ0) is 15.9. The molecule has 1 atom stereocenters. The minimum atomic E-state index is -0.225. The van der Waals surface area contributed by atoms with Crippen LogP contribution >= 0.6 is 0 Å². The van der Waals surface area contributed by atoms with Crippen molar-refractivity contribution in [1.82, 2.24) is 5.32 Å². The Labute approximate surface area is 129 Å². The molecule has 0 heterocycles. The third-order valence-electron chi connectivity index (χ3n) is 3.65. The van der Waals surface area contributed by atoms with Crippen LogP contribution in [0.5, 0.6) is 5.75 Å².